The number of furan rings is 1. The van der Waals surface area contributed by atoms with Crippen LogP contribution in [0, 0.1) is 0 Å². The molecule has 12 rings (SSSR count). The van der Waals surface area contributed by atoms with Crippen LogP contribution >= 0.6 is 0 Å². The Balaban J connectivity index is 1.33. The molecular weight excluding hydrogens is 635 g/mol. The molecule has 0 aliphatic rings. The van der Waals surface area contributed by atoms with Crippen molar-refractivity contribution < 1.29 is 4.42 Å². The Labute approximate surface area is 297 Å². The zero-order chi connectivity index (χ0) is 33.9. The molecule has 242 valence electrons. The zero-order valence-electron chi connectivity index (χ0n) is 28.0. The molecule has 0 N–H and O–H groups in total. The molecule has 8 aromatic carbocycles. The van der Waals surface area contributed by atoms with E-state index in [4.69, 9.17) is 4.42 Å². The molecule has 0 radical (unpaired) electrons. The highest BCUT2D eigenvalue weighted by Crippen LogP contribution is 2.46. The first kappa shape index (κ1) is 27.7. The molecule has 4 aromatic heterocycles. The Morgan fingerprint density at radius 3 is 1.29 bits per heavy atom. The number of fused-ring (bicyclic) bond motifs is 14. The maximum atomic E-state index is 6.28. The van der Waals surface area contributed by atoms with Crippen LogP contribution in [0.1, 0.15) is 0 Å². The molecule has 12 aromatic rings. The highest BCUT2D eigenvalue weighted by Gasteiger charge is 2.25. The number of nitrogens with zero attached hydrogens (tertiary/aromatic N) is 3. The first-order chi connectivity index (χ1) is 25.8. The Kier molecular flexibility index (Phi) is 5.47. The van der Waals surface area contributed by atoms with Crippen LogP contribution in [0.15, 0.2) is 180 Å². The van der Waals surface area contributed by atoms with Crippen molar-refractivity contribution in [3.63, 3.8) is 0 Å². The number of rotatable bonds is 3. The van der Waals surface area contributed by atoms with E-state index < -0.39 is 0 Å². The maximum Gasteiger partial charge on any atom is 0.135 e. The monoisotopic (exact) mass is 663 g/mol. The third-order valence-electron chi connectivity index (χ3n) is 11.0. The minimum absolute atomic E-state index is 0.894. The lowest BCUT2D eigenvalue weighted by Gasteiger charge is -2.14. The Morgan fingerprint density at radius 2 is 0.692 bits per heavy atom. The fourth-order valence-electron chi connectivity index (χ4n) is 8.88. The summed E-state index contributed by atoms with van der Waals surface area (Å²) >= 11 is 0. The van der Waals surface area contributed by atoms with Gasteiger partial charge in [0.15, 0.2) is 0 Å². The molecule has 0 bridgehead atoms. The average molecular weight is 664 g/mol. The van der Waals surface area contributed by atoms with Gasteiger partial charge >= 0.3 is 0 Å². The number of aromatic nitrogens is 3. The van der Waals surface area contributed by atoms with Crippen LogP contribution < -0.4 is 0 Å². The molecule has 0 aliphatic heterocycles. The van der Waals surface area contributed by atoms with E-state index >= 15 is 0 Å². The predicted octanol–water partition coefficient (Wildman–Crippen LogP) is 12.9. The van der Waals surface area contributed by atoms with Gasteiger partial charge < -0.3 is 18.1 Å². The molecular formula is C48H29N3O. The summed E-state index contributed by atoms with van der Waals surface area (Å²) < 4.78 is 13.7. The summed E-state index contributed by atoms with van der Waals surface area (Å²) in [6, 6.07) is 63.5. The van der Waals surface area contributed by atoms with Gasteiger partial charge in [-0.25, -0.2) is 0 Å². The lowest BCUT2D eigenvalue weighted by atomic mass is 10.1. The molecule has 0 saturated carbocycles. The summed E-state index contributed by atoms with van der Waals surface area (Å²) in [5.74, 6) is 0. The zero-order valence-corrected chi connectivity index (χ0v) is 28.0. The molecule has 0 spiro atoms. The maximum absolute atomic E-state index is 6.28. The number of hydrogen-bond donors (Lipinski definition) is 0. The van der Waals surface area contributed by atoms with Crippen LogP contribution in [-0.4, -0.2) is 13.7 Å². The second kappa shape index (κ2) is 10.3. The fraction of sp³-hybridized carbons (Fsp3) is 0. The van der Waals surface area contributed by atoms with Crippen molar-refractivity contribution in [3.8, 4) is 17.1 Å². The molecule has 52 heavy (non-hydrogen) atoms. The summed E-state index contributed by atoms with van der Waals surface area (Å²) in [7, 11) is 0. The van der Waals surface area contributed by atoms with Crippen molar-refractivity contribution in [2.75, 3.05) is 0 Å². The van der Waals surface area contributed by atoms with Gasteiger partial charge in [0, 0.05) is 60.2 Å². The van der Waals surface area contributed by atoms with E-state index in [0.717, 1.165) is 39.0 Å². The number of para-hydroxylation sites is 5. The van der Waals surface area contributed by atoms with E-state index in [1.54, 1.807) is 0 Å². The summed E-state index contributed by atoms with van der Waals surface area (Å²) in [5, 5.41) is 9.61. The Bertz CT molecular complexity index is 3390. The Hall–Kier alpha value is -7.04. The van der Waals surface area contributed by atoms with Gasteiger partial charge in [-0.1, -0.05) is 115 Å². The smallest absolute Gasteiger partial charge is 0.135 e. The van der Waals surface area contributed by atoms with Crippen LogP contribution in [-0.2, 0) is 0 Å². The topological polar surface area (TPSA) is 27.9 Å². The average Bonchev–Trinajstić information content (AvgIpc) is 3.94. The second-order valence-electron chi connectivity index (χ2n) is 13.7. The quantitative estimate of drug-likeness (QED) is 0.185. The van der Waals surface area contributed by atoms with Gasteiger partial charge in [-0.3, -0.25) is 0 Å². The first-order valence-electron chi connectivity index (χ1n) is 17.8. The minimum atomic E-state index is 0.894. The van der Waals surface area contributed by atoms with Gasteiger partial charge in [0.1, 0.15) is 11.2 Å². The van der Waals surface area contributed by atoms with Crippen LogP contribution in [0.25, 0.3) is 104 Å². The normalized spacial score (nSPS) is 12.2. The molecule has 0 fully saturated rings. The van der Waals surface area contributed by atoms with Crippen molar-refractivity contribution in [3.05, 3.63) is 176 Å². The first-order valence-corrected chi connectivity index (χ1v) is 17.8. The number of hydrogen-bond acceptors (Lipinski definition) is 1. The lowest BCUT2D eigenvalue weighted by Crippen LogP contribution is -2.00. The lowest BCUT2D eigenvalue weighted by molar-refractivity contribution is 0.669. The van der Waals surface area contributed by atoms with Gasteiger partial charge in [-0.05, 0) is 60.7 Å². The predicted molar refractivity (Wildman–Crippen MR) is 217 cm³/mol. The van der Waals surface area contributed by atoms with Crippen LogP contribution in [0.5, 0.6) is 0 Å². The van der Waals surface area contributed by atoms with E-state index in [9.17, 15) is 0 Å². The minimum Gasteiger partial charge on any atom is -0.456 e. The van der Waals surface area contributed by atoms with Gasteiger partial charge in [0.25, 0.3) is 0 Å². The SMILES string of the molecule is c1ccc(-n2c3ccccc3c3ccc4c5ccc6c7ccccc7n(-c7ccc8oc9ccccc9c8c7)c6c5n(-c5ccccc5)c4c32)cc1. The third kappa shape index (κ3) is 3.60. The summed E-state index contributed by atoms with van der Waals surface area (Å²) in [5.41, 5.74) is 12.3. The van der Waals surface area contributed by atoms with E-state index in [1.165, 1.54) is 65.4 Å². The van der Waals surface area contributed by atoms with Crippen molar-refractivity contribution in [2.45, 2.75) is 0 Å². The van der Waals surface area contributed by atoms with E-state index in [2.05, 4.69) is 177 Å². The largest absolute Gasteiger partial charge is 0.456 e. The Morgan fingerprint density at radius 1 is 0.269 bits per heavy atom. The van der Waals surface area contributed by atoms with Crippen LogP contribution in [0.4, 0.5) is 0 Å². The highest BCUT2D eigenvalue weighted by atomic mass is 16.3. The summed E-state index contributed by atoms with van der Waals surface area (Å²) in [4.78, 5) is 0. The van der Waals surface area contributed by atoms with Gasteiger partial charge in [0.2, 0.25) is 0 Å². The van der Waals surface area contributed by atoms with Crippen molar-refractivity contribution >= 4 is 87.4 Å². The van der Waals surface area contributed by atoms with Gasteiger partial charge in [-0.15, -0.1) is 0 Å². The fourth-order valence-corrected chi connectivity index (χ4v) is 8.88. The van der Waals surface area contributed by atoms with E-state index in [-0.39, 0.29) is 0 Å². The standard InChI is InChI=1S/C48H29N3O/c1-3-13-30(14-4-1)49-41-20-10-7-17-33(41)36-24-26-38-39-27-25-37-34-18-8-11-21-42(34)50(32-23-28-44-40(29-32)35-19-9-12-22-43(35)52-44)46(37)48(39)51(47(38)45(36)49)31-15-5-2-6-16-31/h1-29H. The molecule has 0 atom stereocenters. The van der Waals surface area contributed by atoms with Gasteiger partial charge in [-0.2, -0.15) is 0 Å². The molecule has 4 heterocycles. The molecule has 4 heteroatoms. The molecule has 0 aliphatic carbocycles. The molecule has 0 unspecified atom stereocenters. The molecule has 0 saturated heterocycles. The van der Waals surface area contributed by atoms with Crippen molar-refractivity contribution in [2.24, 2.45) is 0 Å². The summed E-state index contributed by atoms with van der Waals surface area (Å²) in [6.07, 6.45) is 0. The van der Waals surface area contributed by atoms with Gasteiger partial charge in [0.05, 0.1) is 33.1 Å². The molecule has 4 nitrogen and oxygen atoms in total. The van der Waals surface area contributed by atoms with E-state index in [1.807, 2.05) is 12.1 Å². The second-order valence-corrected chi connectivity index (χ2v) is 13.7. The van der Waals surface area contributed by atoms with Crippen LogP contribution in [0.2, 0.25) is 0 Å². The molecule has 0 amide bonds. The third-order valence-corrected chi connectivity index (χ3v) is 11.0. The van der Waals surface area contributed by atoms with Crippen LogP contribution in [0.3, 0.4) is 0 Å². The van der Waals surface area contributed by atoms with Crippen molar-refractivity contribution in [1.29, 1.82) is 0 Å². The van der Waals surface area contributed by atoms with Crippen molar-refractivity contribution in [1.82, 2.24) is 13.7 Å². The van der Waals surface area contributed by atoms with E-state index in [0.29, 0.717) is 0 Å². The number of benzene rings is 8. The highest BCUT2D eigenvalue weighted by molar-refractivity contribution is 6.29. The summed E-state index contributed by atoms with van der Waals surface area (Å²) in [6.45, 7) is 0.